The first-order chi connectivity index (χ1) is 8.06. The van der Waals surface area contributed by atoms with Crippen LogP contribution in [0.15, 0.2) is 0 Å². The molecule has 3 aliphatic rings. The monoisotopic (exact) mass is 234 g/mol. The summed E-state index contributed by atoms with van der Waals surface area (Å²) in [7, 11) is 0. The molecule has 0 heteroatoms. The van der Waals surface area contributed by atoms with Crippen LogP contribution >= 0.6 is 0 Å². The van der Waals surface area contributed by atoms with Crippen molar-refractivity contribution in [1.29, 1.82) is 0 Å². The molecular weight excluding hydrogens is 204 g/mol. The van der Waals surface area contributed by atoms with Crippen molar-refractivity contribution in [3.63, 3.8) is 0 Å². The maximum atomic E-state index is 2.67. The Morgan fingerprint density at radius 2 is 1.65 bits per heavy atom. The number of fused-ring (bicyclic) bond motifs is 3. The van der Waals surface area contributed by atoms with Crippen molar-refractivity contribution in [3.05, 3.63) is 0 Å². The fourth-order valence-electron chi connectivity index (χ4n) is 6.20. The Labute approximate surface area is 108 Å². The van der Waals surface area contributed by atoms with E-state index < -0.39 is 0 Å². The van der Waals surface area contributed by atoms with E-state index in [1.54, 1.807) is 0 Å². The lowest BCUT2D eigenvalue weighted by Gasteiger charge is -2.61. The summed E-state index contributed by atoms with van der Waals surface area (Å²) in [6.07, 6.45) is 13.7. The largest absolute Gasteiger partial charge is 0.0622 e. The second kappa shape index (κ2) is 4.00. The lowest BCUT2D eigenvalue weighted by Crippen LogP contribution is -2.53. The zero-order valence-electron chi connectivity index (χ0n) is 12.1. The summed E-state index contributed by atoms with van der Waals surface area (Å²) >= 11 is 0. The van der Waals surface area contributed by atoms with Crippen LogP contribution in [0.3, 0.4) is 0 Å². The van der Waals surface area contributed by atoms with Crippen LogP contribution in [0.25, 0.3) is 0 Å². The molecule has 3 saturated carbocycles. The molecule has 0 radical (unpaired) electrons. The molecule has 0 amide bonds. The Bertz CT molecular complexity index is 294. The predicted molar refractivity (Wildman–Crippen MR) is 73.9 cm³/mol. The second-order valence-electron chi connectivity index (χ2n) is 7.97. The molecule has 0 aliphatic heterocycles. The van der Waals surface area contributed by atoms with E-state index in [2.05, 4.69) is 20.8 Å². The summed E-state index contributed by atoms with van der Waals surface area (Å²) in [6.45, 7) is 7.83. The minimum atomic E-state index is 0.699. The summed E-state index contributed by atoms with van der Waals surface area (Å²) in [5.41, 5.74) is 1.41. The molecule has 0 heterocycles. The van der Waals surface area contributed by atoms with Crippen molar-refractivity contribution in [1.82, 2.24) is 0 Å². The highest BCUT2D eigenvalue weighted by Crippen LogP contribution is 2.64. The lowest BCUT2D eigenvalue weighted by atomic mass is 9.44. The van der Waals surface area contributed by atoms with Crippen LogP contribution < -0.4 is 0 Å². The molecular formula is C17H30. The van der Waals surface area contributed by atoms with E-state index in [9.17, 15) is 0 Å². The molecule has 4 unspecified atom stereocenters. The number of hydrogen-bond donors (Lipinski definition) is 0. The van der Waals surface area contributed by atoms with E-state index in [1.165, 1.54) is 57.8 Å². The van der Waals surface area contributed by atoms with Gasteiger partial charge in [-0.1, -0.05) is 46.5 Å². The fraction of sp³-hybridized carbons (Fsp3) is 1.00. The van der Waals surface area contributed by atoms with Gasteiger partial charge in [0.2, 0.25) is 0 Å². The Hall–Kier alpha value is 0. The molecule has 0 nitrogen and oxygen atoms in total. The van der Waals surface area contributed by atoms with Gasteiger partial charge < -0.3 is 0 Å². The summed E-state index contributed by atoms with van der Waals surface area (Å²) in [5, 5.41) is 0. The Kier molecular flexibility index (Phi) is 2.84. The molecule has 3 rings (SSSR count). The number of rotatable bonds is 0. The van der Waals surface area contributed by atoms with E-state index in [0.717, 1.165) is 17.8 Å². The Morgan fingerprint density at radius 1 is 0.824 bits per heavy atom. The van der Waals surface area contributed by atoms with Gasteiger partial charge in [-0.15, -0.1) is 0 Å². The average molecular weight is 234 g/mol. The third kappa shape index (κ3) is 1.70. The van der Waals surface area contributed by atoms with Crippen LogP contribution in [-0.4, -0.2) is 0 Å². The molecule has 0 aromatic heterocycles. The number of hydrogen-bond acceptors (Lipinski definition) is 0. The maximum Gasteiger partial charge on any atom is -0.0261 e. The molecule has 0 bridgehead atoms. The zero-order valence-corrected chi connectivity index (χ0v) is 12.1. The minimum absolute atomic E-state index is 0.699. The van der Waals surface area contributed by atoms with Gasteiger partial charge in [-0.05, 0) is 60.7 Å². The standard InChI is InChI=1S/C17H30/c1-13-7-6-11-17(3)14(13)9-12-16(2)10-5-4-8-15(16)17/h13-15H,4-12H2,1-3H3/t13-,14?,15?,16?,17?/m0/s1. The van der Waals surface area contributed by atoms with Gasteiger partial charge >= 0.3 is 0 Å². The first-order valence-electron chi connectivity index (χ1n) is 8.06. The van der Waals surface area contributed by atoms with Gasteiger partial charge in [0.05, 0.1) is 0 Å². The van der Waals surface area contributed by atoms with E-state index in [-0.39, 0.29) is 0 Å². The first kappa shape index (κ1) is 12.1. The van der Waals surface area contributed by atoms with Crippen LogP contribution in [-0.2, 0) is 0 Å². The molecule has 0 spiro atoms. The molecule has 98 valence electrons. The fourth-order valence-corrected chi connectivity index (χ4v) is 6.20. The van der Waals surface area contributed by atoms with Crippen molar-refractivity contribution in [2.24, 2.45) is 28.6 Å². The van der Waals surface area contributed by atoms with Crippen molar-refractivity contribution in [2.75, 3.05) is 0 Å². The van der Waals surface area contributed by atoms with Crippen molar-refractivity contribution in [3.8, 4) is 0 Å². The van der Waals surface area contributed by atoms with E-state index in [4.69, 9.17) is 0 Å². The van der Waals surface area contributed by atoms with Gasteiger partial charge in [0.15, 0.2) is 0 Å². The highest BCUT2D eigenvalue weighted by Gasteiger charge is 2.55. The summed E-state index contributed by atoms with van der Waals surface area (Å²) < 4.78 is 0. The smallest absolute Gasteiger partial charge is 0.0261 e. The van der Waals surface area contributed by atoms with Crippen molar-refractivity contribution >= 4 is 0 Å². The van der Waals surface area contributed by atoms with Crippen molar-refractivity contribution < 1.29 is 0 Å². The molecule has 3 fully saturated rings. The summed E-state index contributed by atoms with van der Waals surface area (Å²) in [6, 6.07) is 0. The second-order valence-corrected chi connectivity index (χ2v) is 7.97. The summed E-state index contributed by atoms with van der Waals surface area (Å²) in [5.74, 6) is 3.10. The van der Waals surface area contributed by atoms with Gasteiger partial charge in [-0.2, -0.15) is 0 Å². The lowest BCUT2D eigenvalue weighted by molar-refractivity contribution is -0.118. The molecule has 0 aromatic rings. The third-order valence-electron chi connectivity index (χ3n) is 7.06. The maximum absolute atomic E-state index is 2.67. The van der Waals surface area contributed by atoms with Crippen LogP contribution in [0.4, 0.5) is 0 Å². The SMILES string of the molecule is C[C@H]1CCCC2(C)C1CCC1(C)CCCCC12. The quantitative estimate of drug-likeness (QED) is 0.525. The Balaban J connectivity index is 1.93. The topological polar surface area (TPSA) is 0 Å². The minimum Gasteiger partial charge on any atom is -0.0622 e. The van der Waals surface area contributed by atoms with Gasteiger partial charge in [0, 0.05) is 0 Å². The van der Waals surface area contributed by atoms with E-state index >= 15 is 0 Å². The molecule has 0 saturated heterocycles. The Morgan fingerprint density at radius 3 is 2.47 bits per heavy atom. The molecule has 3 aliphatic carbocycles. The van der Waals surface area contributed by atoms with E-state index in [0.29, 0.717) is 10.8 Å². The first-order valence-corrected chi connectivity index (χ1v) is 8.06. The highest BCUT2D eigenvalue weighted by atomic mass is 14.6. The summed E-state index contributed by atoms with van der Waals surface area (Å²) in [4.78, 5) is 0. The third-order valence-corrected chi connectivity index (χ3v) is 7.06. The van der Waals surface area contributed by atoms with Crippen LogP contribution in [0, 0.1) is 28.6 Å². The molecule has 0 N–H and O–H groups in total. The van der Waals surface area contributed by atoms with Gasteiger partial charge in [0.25, 0.3) is 0 Å². The van der Waals surface area contributed by atoms with Gasteiger partial charge in [-0.3, -0.25) is 0 Å². The van der Waals surface area contributed by atoms with Gasteiger partial charge in [-0.25, -0.2) is 0 Å². The van der Waals surface area contributed by atoms with Crippen molar-refractivity contribution in [2.45, 2.75) is 78.6 Å². The molecule has 0 aromatic carbocycles. The van der Waals surface area contributed by atoms with E-state index in [1.807, 2.05) is 0 Å². The van der Waals surface area contributed by atoms with Crippen LogP contribution in [0.2, 0.25) is 0 Å². The van der Waals surface area contributed by atoms with Gasteiger partial charge in [0.1, 0.15) is 0 Å². The normalized spacial score (nSPS) is 54.9. The molecule has 17 heavy (non-hydrogen) atoms. The predicted octanol–water partition coefficient (Wildman–Crippen LogP) is 5.42. The average Bonchev–Trinajstić information content (AvgIpc) is 2.28. The highest BCUT2D eigenvalue weighted by molar-refractivity contribution is 5.05. The molecule has 5 atom stereocenters. The zero-order chi connectivity index (χ0) is 12.1. The van der Waals surface area contributed by atoms with Crippen LogP contribution in [0.5, 0.6) is 0 Å². The van der Waals surface area contributed by atoms with Crippen LogP contribution in [0.1, 0.15) is 78.6 Å².